The van der Waals surface area contributed by atoms with Crippen molar-refractivity contribution < 1.29 is 23.9 Å². The van der Waals surface area contributed by atoms with Crippen LogP contribution in [0, 0.1) is 5.82 Å². The number of para-hydroxylation sites is 1. The first-order chi connectivity index (χ1) is 12.9. The van der Waals surface area contributed by atoms with Gasteiger partial charge >= 0.3 is 5.97 Å². The molecular formula is C20H19FN2O4. The van der Waals surface area contributed by atoms with Crippen molar-refractivity contribution in [2.45, 2.75) is 25.7 Å². The third-order valence-electron chi connectivity index (χ3n) is 4.43. The quantitative estimate of drug-likeness (QED) is 0.819. The number of aliphatic carboxylic acids is 1. The fraction of sp³-hybridized carbons (Fsp3) is 0.250. The number of carboxylic acids is 1. The Morgan fingerprint density at radius 1 is 1.15 bits per heavy atom. The van der Waals surface area contributed by atoms with Gasteiger partial charge in [-0.3, -0.25) is 14.4 Å². The standard InChI is InChI=1S/C20H19FN2O4/c21-16-12-15(7-5-14(16)11-20(26)27)22-18(24)9-10-23-17-4-2-1-3-13(17)6-8-19(23)25/h1-5,7,12H,6,8-11H2,(H,22,24)(H,26,27). The van der Waals surface area contributed by atoms with Crippen molar-refractivity contribution in [1.82, 2.24) is 0 Å². The topological polar surface area (TPSA) is 86.7 Å². The van der Waals surface area contributed by atoms with Gasteiger partial charge in [-0.05, 0) is 35.7 Å². The highest BCUT2D eigenvalue weighted by Crippen LogP contribution is 2.27. The van der Waals surface area contributed by atoms with Crippen LogP contribution < -0.4 is 10.2 Å². The van der Waals surface area contributed by atoms with E-state index in [1.165, 1.54) is 12.1 Å². The van der Waals surface area contributed by atoms with Gasteiger partial charge in [0.2, 0.25) is 11.8 Å². The van der Waals surface area contributed by atoms with Gasteiger partial charge in [-0.2, -0.15) is 0 Å². The molecule has 2 N–H and O–H groups in total. The van der Waals surface area contributed by atoms with Crippen LogP contribution in [0.3, 0.4) is 0 Å². The monoisotopic (exact) mass is 370 g/mol. The molecule has 1 aliphatic heterocycles. The van der Waals surface area contributed by atoms with E-state index in [0.717, 1.165) is 17.3 Å². The first-order valence-electron chi connectivity index (χ1n) is 8.62. The van der Waals surface area contributed by atoms with Crippen molar-refractivity contribution in [1.29, 1.82) is 0 Å². The number of carbonyl (C=O) groups excluding carboxylic acids is 2. The minimum atomic E-state index is -1.13. The maximum absolute atomic E-state index is 13.9. The van der Waals surface area contributed by atoms with E-state index in [9.17, 15) is 18.8 Å². The first-order valence-corrected chi connectivity index (χ1v) is 8.62. The molecular weight excluding hydrogens is 351 g/mol. The minimum absolute atomic E-state index is 0.0226. The Bertz CT molecular complexity index is 897. The second-order valence-corrected chi connectivity index (χ2v) is 6.35. The number of benzene rings is 2. The summed E-state index contributed by atoms with van der Waals surface area (Å²) in [4.78, 5) is 36.6. The van der Waals surface area contributed by atoms with Gasteiger partial charge in [0.1, 0.15) is 5.82 Å². The zero-order chi connectivity index (χ0) is 19.4. The van der Waals surface area contributed by atoms with Gasteiger partial charge in [0.25, 0.3) is 0 Å². The summed E-state index contributed by atoms with van der Waals surface area (Å²) >= 11 is 0. The van der Waals surface area contributed by atoms with E-state index in [0.29, 0.717) is 12.8 Å². The summed E-state index contributed by atoms with van der Waals surface area (Å²) in [5, 5.41) is 11.3. The Kier molecular flexibility index (Phi) is 5.49. The van der Waals surface area contributed by atoms with E-state index in [1.807, 2.05) is 24.3 Å². The number of rotatable bonds is 6. The molecule has 0 spiro atoms. The lowest BCUT2D eigenvalue weighted by atomic mass is 10.0. The third kappa shape index (κ3) is 4.49. The summed E-state index contributed by atoms with van der Waals surface area (Å²) in [6, 6.07) is 11.5. The Hall–Kier alpha value is -3.22. The van der Waals surface area contributed by atoms with Crippen molar-refractivity contribution in [3.8, 4) is 0 Å². The molecule has 0 fully saturated rings. The van der Waals surface area contributed by atoms with Crippen molar-refractivity contribution in [3.05, 3.63) is 59.4 Å². The second kappa shape index (κ2) is 7.99. The lowest BCUT2D eigenvalue weighted by Crippen LogP contribution is -2.37. The van der Waals surface area contributed by atoms with E-state index in [2.05, 4.69) is 5.32 Å². The van der Waals surface area contributed by atoms with Crippen LogP contribution in [0.4, 0.5) is 15.8 Å². The molecule has 0 saturated carbocycles. The number of anilines is 2. The van der Waals surface area contributed by atoms with Crippen LogP contribution in [0.25, 0.3) is 0 Å². The smallest absolute Gasteiger partial charge is 0.307 e. The van der Waals surface area contributed by atoms with Crippen molar-refractivity contribution >= 4 is 29.2 Å². The molecule has 1 heterocycles. The van der Waals surface area contributed by atoms with Crippen LogP contribution >= 0.6 is 0 Å². The number of nitrogens with zero attached hydrogens (tertiary/aromatic N) is 1. The largest absolute Gasteiger partial charge is 0.481 e. The fourth-order valence-corrected chi connectivity index (χ4v) is 3.11. The fourth-order valence-electron chi connectivity index (χ4n) is 3.11. The number of amides is 2. The lowest BCUT2D eigenvalue weighted by molar-refractivity contribution is -0.136. The highest BCUT2D eigenvalue weighted by atomic mass is 19.1. The lowest BCUT2D eigenvalue weighted by Gasteiger charge is -2.29. The third-order valence-corrected chi connectivity index (χ3v) is 4.43. The molecule has 7 heteroatoms. The van der Waals surface area contributed by atoms with Gasteiger partial charge in [-0.1, -0.05) is 24.3 Å². The maximum atomic E-state index is 13.9. The Balaban J connectivity index is 1.61. The van der Waals surface area contributed by atoms with Crippen LogP contribution in [-0.4, -0.2) is 29.4 Å². The zero-order valence-electron chi connectivity index (χ0n) is 14.6. The van der Waals surface area contributed by atoms with Gasteiger partial charge in [0.05, 0.1) is 6.42 Å². The molecule has 1 aliphatic rings. The molecule has 0 bridgehead atoms. The van der Waals surface area contributed by atoms with E-state index in [1.54, 1.807) is 4.90 Å². The Morgan fingerprint density at radius 2 is 1.93 bits per heavy atom. The number of hydrogen-bond donors (Lipinski definition) is 2. The molecule has 0 aromatic heterocycles. The van der Waals surface area contributed by atoms with E-state index in [4.69, 9.17) is 5.11 Å². The summed E-state index contributed by atoms with van der Waals surface area (Å²) < 4.78 is 13.9. The maximum Gasteiger partial charge on any atom is 0.307 e. The van der Waals surface area contributed by atoms with Gasteiger partial charge in [-0.15, -0.1) is 0 Å². The normalized spacial score (nSPS) is 13.2. The highest BCUT2D eigenvalue weighted by Gasteiger charge is 2.24. The Labute approximate surface area is 155 Å². The van der Waals surface area contributed by atoms with Gasteiger partial charge in [0.15, 0.2) is 0 Å². The zero-order valence-corrected chi connectivity index (χ0v) is 14.6. The van der Waals surface area contributed by atoms with Crippen molar-refractivity contribution in [2.24, 2.45) is 0 Å². The van der Waals surface area contributed by atoms with Gasteiger partial charge in [0, 0.05) is 30.8 Å². The molecule has 140 valence electrons. The SMILES string of the molecule is O=C(O)Cc1ccc(NC(=O)CCN2C(=O)CCc3ccccc32)cc1F. The molecule has 0 saturated heterocycles. The molecule has 0 unspecified atom stereocenters. The number of hydrogen-bond acceptors (Lipinski definition) is 3. The number of carboxylic acid groups (broad SMARTS) is 1. The van der Waals surface area contributed by atoms with Crippen molar-refractivity contribution in [3.63, 3.8) is 0 Å². The summed E-state index contributed by atoms with van der Waals surface area (Å²) in [7, 11) is 0. The van der Waals surface area contributed by atoms with Crippen LogP contribution in [0.2, 0.25) is 0 Å². The van der Waals surface area contributed by atoms with Crippen LogP contribution in [0.5, 0.6) is 0 Å². The van der Waals surface area contributed by atoms with Crippen LogP contribution in [-0.2, 0) is 27.2 Å². The average Bonchev–Trinajstić information content (AvgIpc) is 2.63. The predicted octanol–water partition coefficient (Wildman–Crippen LogP) is 2.76. The molecule has 2 aromatic rings. The molecule has 6 nitrogen and oxygen atoms in total. The molecule has 0 aliphatic carbocycles. The predicted molar refractivity (Wildman–Crippen MR) is 98.1 cm³/mol. The minimum Gasteiger partial charge on any atom is -0.481 e. The molecule has 2 amide bonds. The van der Waals surface area contributed by atoms with Gasteiger partial charge < -0.3 is 15.3 Å². The average molecular weight is 370 g/mol. The van der Waals surface area contributed by atoms with Crippen molar-refractivity contribution in [2.75, 3.05) is 16.8 Å². The summed E-state index contributed by atoms with van der Waals surface area (Å²) in [5.74, 6) is -2.19. The number of aryl methyl sites for hydroxylation is 1. The highest BCUT2D eigenvalue weighted by molar-refractivity contribution is 5.98. The van der Waals surface area contributed by atoms with Crippen LogP contribution in [0.15, 0.2) is 42.5 Å². The molecule has 2 aromatic carbocycles. The van der Waals surface area contributed by atoms with Gasteiger partial charge in [-0.25, -0.2) is 4.39 Å². The van der Waals surface area contributed by atoms with E-state index in [-0.39, 0.29) is 36.0 Å². The first kappa shape index (κ1) is 18.6. The number of nitrogens with one attached hydrogen (secondary N) is 1. The molecule has 0 atom stereocenters. The summed E-state index contributed by atoms with van der Waals surface area (Å²) in [6.07, 6.45) is 0.754. The summed E-state index contributed by atoms with van der Waals surface area (Å²) in [6.45, 7) is 0.237. The molecule has 0 radical (unpaired) electrons. The van der Waals surface area contributed by atoms with E-state index >= 15 is 0 Å². The van der Waals surface area contributed by atoms with Crippen LogP contribution in [0.1, 0.15) is 24.0 Å². The second-order valence-electron chi connectivity index (χ2n) is 6.35. The number of fused-ring (bicyclic) bond motifs is 1. The molecule has 27 heavy (non-hydrogen) atoms. The van der Waals surface area contributed by atoms with E-state index < -0.39 is 18.2 Å². The summed E-state index contributed by atoms with van der Waals surface area (Å²) in [5.41, 5.74) is 2.20. The molecule has 3 rings (SSSR count). The Morgan fingerprint density at radius 3 is 2.67 bits per heavy atom. The number of carbonyl (C=O) groups is 3. The number of halogens is 1.